The average Bonchev–Trinajstić information content (AvgIpc) is 2.56. The molecule has 2 aromatic carbocycles. The molecule has 5 nitrogen and oxygen atoms in total. The molecule has 1 amide bonds. The van der Waals surface area contributed by atoms with Crippen molar-refractivity contribution in [1.82, 2.24) is 0 Å². The number of hydrogen-bond donors (Lipinski definition) is 0. The van der Waals surface area contributed by atoms with Gasteiger partial charge in [0.05, 0.1) is 19.9 Å². The summed E-state index contributed by atoms with van der Waals surface area (Å²) in [6.07, 6.45) is -0.587. The van der Waals surface area contributed by atoms with Gasteiger partial charge in [-0.1, -0.05) is 30.3 Å². The number of nitrogens with zero attached hydrogens (tertiary/aromatic N) is 1. The average molecular weight is 287 g/mol. The second kappa shape index (κ2) is 7.31. The van der Waals surface area contributed by atoms with Crippen LogP contribution in [0, 0.1) is 0 Å². The summed E-state index contributed by atoms with van der Waals surface area (Å²) < 4.78 is 9.83. The van der Waals surface area contributed by atoms with Crippen LogP contribution in [0.2, 0.25) is 0 Å². The predicted octanol–water partition coefficient (Wildman–Crippen LogP) is 3.40. The Morgan fingerprint density at radius 2 is 1.67 bits per heavy atom. The van der Waals surface area contributed by atoms with E-state index in [1.807, 2.05) is 30.3 Å². The van der Waals surface area contributed by atoms with Crippen LogP contribution in [0.3, 0.4) is 0 Å². The van der Waals surface area contributed by atoms with E-state index in [1.165, 1.54) is 7.11 Å². The van der Waals surface area contributed by atoms with E-state index in [4.69, 9.17) is 14.3 Å². The van der Waals surface area contributed by atoms with Gasteiger partial charge in [-0.2, -0.15) is 5.06 Å². The Morgan fingerprint density at radius 1 is 1.00 bits per heavy atom. The molecule has 2 rings (SSSR count). The number of methoxy groups -OCH3 is 2. The molecule has 21 heavy (non-hydrogen) atoms. The summed E-state index contributed by atoms with van der Waals surface area (Å²) in [4.78, 5) is 17.4. The van der Waals surface area contributed by atoms with Crippen LogP contribution >= 0.6 is 0 Å². The Labute approximate surface area is 123 Å². The van der Waals surface area contributed by atoms with Gasteiger partial charge < -0.3 is 9.47 Å². The number of ether oxygens (including phenoxy) is 2. The van der Waals surface area contributed by atoms with Gasteiger partial charge in [0.25, 0.3) is 0 Å². The molecule has 2 aromatic rings. The normalized spacial score (nSPS) is 10.0. The maximum Gasteiger partial charge on any atom is 0.438 e. The van der Waals surface area contributed by atoms with Crippen molar-refractivity contribution >= 4 is 11.8 Å². The molecule has 0 atom stereocenters. The van der Waals surface area contributed by atoms with Crippen molar-refractivity contribution in [2.45, 2.75) is 6.61 Å². The van der Waals surface area contributed by atoms with Crippen LogP contribution in [-0.2, 0) is 16.2 Å². The van der Waals surface area contributed by atoms with Gasteiger partial charge in [-0.25, -0.2) is 4.79 Å². The number of anilines is 1. The van der Waals surface area contributed by atoms with E-state index in [1.54, 1.807) is 31.4 Å². The molecule has 0 bridgehead atoms. The molecule has 0 fully saturated rings. The zero-order chi connectivity index (χ0) is 15.1. The zero-order valence-corrected chi connectivity index (χ0v) is 12.0. The summed E-state index contributed by atoms with van der Waals surface area (Å²) in [6, 6.07) is 16.5. The third-order valence-corrected chi connectivity index (χ3v) is 2.85. The Balaban J connectivity index is 2.12. The maximum absolute atomic E-state index is 11.8. The predicted molar refractivity (Wildman–Crippen MR) is 79.1 cm³/mol. The third-order valence-electron chi connectivity index (χ3n) is 2.85. The van der Waals surface area contributed by atoms with Crippen molar-refractivity contribution < 1.29 is 19.1 Å². The van der Waals surface area contributed by atoms with Crippen LogP contribution in [0.15, 0.2) is 54.6 Å². The van der Waals surface area contributed by atoms with Gasteiger partial charge in [0, 0.05) is 0 Å². The van der Waals surface area contributed by atoms with Crippen molar-refractivity contribution in [2.24, 2.45) is 0 Å². The monoisotopic (exact) mass is 287 g/mol. The highest BCUT2D eigenvalue weighted by Crippen LogP contribution is 2.21. The van der Waals surface area contributed by atoms with Gasteiger partial charge in [0.2, 0.25) is 0 Å². The Hall–Kier alpha value is -2.53. The lowest BCUT2D eigenvalue weighted by Gasteiger charge is -2.20. The summed E-state index contributed by atoms with van der Waals surface area (Å²) in [5, 5.41) is 1.12. The number of hydrogen-bond acceptors (Lipinski definition) is 4. The summed E-state index contributed by atoms with van der Waals surface area (Å²) >= 11 is 0. The van der Waals surface area contributed by atoms with Crippen molar-refractivity contribution in [3.05, 3.63) is 60.2 Å². The second-order valence-electron chi connectivity index (χ2n) is 4.22. The lowest BCUT2D eigenvalue weighted by Crippen LogP contribution is -2.30. The molecule has 5 heteroatoms. The van der Waals surface area contributed by atoms with Gasteiger partial charge in [-0.3, -0.25) is 4.84 Å². The highest BCUT2D eigenvalue weighted by Gasteiger charge is 2.17. The number of benzene rings is 2. The van der Waals surface area contributed by atoms with Crippen LogP contribution in [0.25, 0.3) is 0 Å². The fourth-order valence-corrected chi connectivity index (χ4v) is 1.75. The zero-order valence-electron chi connectivity index (χ0n) is 12.0. The van der Waals surface area contributed by atoms with Gasteiger partial charge in [0.1, 0.15) is 12.4 Å². The summed E-state index contributed by atoms with van der Waals surface area (Å²) in [7, 11) is 2.89. The van der Waals surface area contributed by atoms with E-state index >= 15 is 0 Å². The molecule has 0 radical (unpaired) electrons. The number of carbonyl (C=O) groups is 1. The summed E-state index contributed by atoms with van der Waals surface area (Å²) in [5.74, 6) is 0.701. The van der Waals surface area contributed by atoms with Crippen molar-refractivity contribution in [3.8, 4) is 5.75 Å². The number of amides is 1. The van der Waals surface area contributed by atoms with E-state index in [9.17, 15) is 4.79 Å². The molecule has 0 N–H and O–H groups in total. The molecule has 110 valence electrons. The Morgan fingerprint density at radius 3 is 2.24 bits per heavy atom. The van der Waals surface area contributed by atoms with E-state index in [0.29, 0.717) is 11.4 Å². The standard InChI is InChI=1S/C16H17NO4/c1-19-15-10-8-14(9-11-15)17(16(18)20-2)21-12-13-6-4-3-5-7-13/h3-11H,12H2,1-2H3. The minimum absolute atomic E-state index is 0.266. The molecular weight excluding hydrogens is 270 g/mol. The van der Waals surface area contributed by atoms with Crippen LogP contribution < -0.4 is 9.80 Å². The molecule has 0 aromatic heterocycles. The maximum atomic E-state index is 11.8. The molecule has 0 aliphatic carbocycles. The summed E-state index contributed by atoms with van der Waals surface area (Å²) in [5.41, 5.74) is 1.53. The molecule has 0 spiro atoms. The van der Waals surface area contributed by atoms with Crippen LogP contribution in [0.4, 0.5) is 10.5 Å². The van der Waals surface area contributed by atoms with Gasteiger partial charge in [-0.05, 0) is 29.8 Å². The quantitative estimate of drug-likeness (QED) is 0.791. The molecule has 0 saturated heterocycles. The molecule has 0 heterocycles. The third kappa shape index (κ3) is 3.97. The van der Waals surface area contributed by atoms with E-state index in [2.05, 4.69) is 0 Å². The molecule has 0 unspecified atom stereocenters. The first-order valence-electron chi connectivity index (χ1n) is 6.43. The first-order chi connectivity index (χ1) is 10.2. The van der Waals surface area contributed by atoms with Crippen molar-refractivity contribution in [2.75, 3.05) is 19.3 Å². The molecule has 0 saturated carbocycles. The lowest BCUT2D eigenvalue weighted by atomic mass is 10.2. The number of hydroxylamine groups is 1. The van der Waals surface area contributed by atoms with Crippen LogP contribution in [-0.4, -0.2) is 20.3 Å². The summed E-state index contributed by atoms with van der Waals surface area (Å²) in [6.45, 7) is 0.266. The van der Waals surface area contributed by atoms with Crippen molar-refractivity contribution in [1.29, 1.82) is 0 Å². The van der Waals surface area contributed by atoms with Gasteiger partial charge in [0.15, 0.2) is 0 Å². The molecule has 0 aliphatic rings. The van der Waals surface area contributed by atoms with E-state index in [0.717, 1.165) is 10.6 Å². The Kier molecular flexibility index (Phi) is 5.17. The highest BCUT2D eigenvalue weighted by molar-refractivity contribution is 5.85. The molecule has 0 aliphatic heterocycles. The first kappa shape index (κ1) is 14.9. The SMILES string of the molecule is COC(=O)N(OCc1ccccc1)c1ccc(OC)cc1. The second-order valence-corrected chi connectivity index (χ2v) is 4.22. The molecular formula is C16H17NO4. The smallest absolute Gasteiger partial charge is 0.438 e. The minimum atomic E-state index is -0.587. The Bertz CT molecular complexity index is 569. The van der Waals surface area contributed by atoms with Gasteiger partial charge in [-0.15, -0.1) is 0 Å². The number of rotatable bonds is 5. The largest absolute Gasteiger partial charge is 0.497 e. The first-order valence-corrected chi connectivity index (χ1v) is 6.43. The van der Waals surface area contributed by atoms with E-state index < -0.39 is 6.09 Å². The fraction of sp³-hybridized carbons (Fsp3) is 0.188. The highest BCUT2D eigenvalue weighted by atomic mass is 16.7. The lowest BCUT2D eigenvalue weighted by molar-refractivity contribution is 0.0764. The minimum Gasteiger partial charge on any atom is -0.497 e. The van der Waals surface area contributed by atoms with Gasteiger partial charge >= 0.3 is 6.09 Å². The van der Waals surface area contributed by atoms with Crippen LogP contribution in [0.1, 0.15) is 5.56 Å². The fourth-order valence-electron chi connectivity index (χ4n) is 1.75. The topological polar surface area (TPSA) is 48.0 Å². The van der Waals surface area contributed by atoms with Crippen molar-refractivity contribution in [3.63, 3.8) is 0 Å². The van der Waals surface area contributed by atoms with E-state index in [-0.39, 0.29) is 6.61 Å². The van der Waals surface area contributed by atoms with Crippen LogP contribution in [0.5, 0.6) is 5.75 Å². The number of carbonyl (C=O) groups excluding carboxylic acids is 1.